The van der Waals surface area contributed by atoms with Crippen LogP contribution >= 0.6 is 11.6 Å². The summed E-state index contributed by atoms with van der Waals surface area (Å²) in [4.78, 5) is 11.7. The van der Waals surface area contributed by atoms with Crippen LogP contribution in [0.1, 0.15) is 29.6 Å². The second kappa shape index (κ2) is 3.89. The van der Waals surface area contributed by atoms with Crippen molar-refractivity contribution in [2.45, 2.75) is 19.3 Å². The number of rotatable bonds is 2. The molecule has 0 radical (unpaired) electrons. The zero-order chi connectivity index (χ0) is 11.0. The summed E-state index contributed by atoms with van der Waals surface area (Å²) in [5.74, 6) is -2.29. The topological polar surface area (TPSA) is 17.1 Å². The minimum absolute atomic E-state index is 0.00852. The Labute approximate surface area is 91.0 Å². The number of hydrogen-bond donors (Lipinski definition) is 0. The molecule has 0 saturated heterocycles. The van der Waals surface area contributed by atoms with Gasteiger partial charge >= 0.3 is 0 Å². The first-order chi connectivity index (χ1) is 7.09. The summed E-state index contributed by atoms with van der Waals surface area (Å²) < 4.78 is 25.7. The lowest BCUT2D eigenvalue weighted by atomic mass is 9.80. The Morgan fingerprint density at radius 2 is 1.87 bits per heavy atom. The minimum Gasteiger partial charge on any atom is -0.294 e. The first-order valence-corrected chi connectivity index (χ1v) is 5.16. The summed E-state index contributed by atoms with van der Waals surface area (Å²) in [5.41, 5.74) is 0.0975. The summed E-state index contributed by atoms with van der Waals surface area (Å²) in [6.45, 7) is 0. The predicted molar refractivity (Wildman–Crippen MR) is 53.0 cm³/mol. The maximum Gasteiger partial charge on any atom is 0.167 e. The third kappa shape index (κ3) is 1.88. The van der Waals surface area contributed by atoms with E-state index < -0.39 is 11.6 Å². The SMILES string of the molecule is O=C(c1cc(F)c(F)cc1Cl)C1CCC1. The normalized spacial score (nSPS) is 16.2. The summed E-state index contributed by atoms with van der Waals surface area (Å²) in [5, 5.41) is -0.00852. The van der Waals surface area contributed by atoms with Gasteiger partial charge in [-0.1, -0.05) is 18.0 Å². The van der Waals surface area contributed by atoms with Gasteiger partial charge in [0, 0.05) is 11.5 Å². The molecule has 2 rings (SSSR count). The van der Waals surface area contributed by atoms with Crippen molar-refractivity contribution in [1.29, 1.82) is 0 Å². The van der Waals surface area contributed by atoms with E-state index in [0.717, 1.165) is 31.4 Å². The molecule has 4 heteroatoms. The lowest BCUT2D eigenvalue weighted by Gasteiger charge is -2.24. The van der Waals surface area contributed by atoms with Gasteiger partial charge in [0.1, 0.15) is 0 Å². The van der Waals surface area contributed by atoms with Gasteiger partial charge in [0.05, 0.1) is 5.02 Å². The van der Waals surface area contributed by atoms with E-state index in [1.165, 1.54) is 0 Å². The molecule has 0 spiro atoms. The zero-order valence-electron chi connectivity index (χ0n) is 7.90. The largest absolute Gasteiger partial charge is 0.294 e. The Morgan fingerprint density at radius 3 is 2.40 bits per heavy atom. The molecule has 1 nitrogen and oxygen atoms in total. The van der Waals surface area contributed by atoms with Crippen molar-refractivity contribution in [3.8, 4) is 0 Å². The molecule has 15 heavy (non-hydrogen) atoms. The Bertz CT molecular complexity index is 413. The van der Waals surface area contributed by atoms with E-state index in [1.807, 2.05) is 0 Å². The van der Waals surface area contributed by atoms with Crippen molar-refractivity contribution >= 4 is 17.4 Å². The monoisotopic (exact) mass is 230 g/mol. The van der Waals surface area contributed by atoms with Gasteiger partial charge in [-0.3, -0.25) is 4.79 Å². The summed E-state index contributed by atoms with van der Waals surface area (Å²) >= 11 is 5.69. The molecule has 0 N–H and O–H groups in total. The molecule has 0 heterocycles. The lowest BCUT2D eigenvalue weighted by Crippen LogP contribution is -2.22. The molecule has 1 aliphatic rings. The Balaban J connectivity index is 2.34. The quantitative estimate of drug-likeness (QED) is 0.560. The van der Waals surface area contributed by atoms with Crippen LogP contribution in [0.2, 0.25) is 5.02 Å². The van der Waals surface area contributed by atoms with Crippen LogP contribution < -0.4 is 0 Å². The fraction of sp³-hybridized carbons (Fsp3) is 0.364. The van der Waals surface area contributed by atoms with Gasteiger partial charge in [0.2, 0.25) is 0 Å². The van der Waals surface area contributed by atoms with Crippen molar-refractivity contribution < 1.29 is 13.6 Å². The molecule has 1 saturated carbocycles. The third-order valence-corrected chi connectivity index (χ3v) is 3.06. The van der Waals surface area contributed by atoms with Crippen LogP contribution in [0.3, 0.4) is 0 Å². The molecule has 0 atom stereocenters. The molecule has 0 amide bonds. The summed E-state index contributed by atoms with van der Waals surface area (Å²) in [6.07, 6.45) is 2.64. The molecular weight excluding hydrogens is 222 g/mol. The Morgan fingerprint density at radius 1 is 1.27 bits per heavy atom. The second-order valence-corrected chi connectivity index (χ2v) is 4.15. The molecule has 1 aliphatic carbocycles. The molecule has 0 bridgehead atoms. The van der Waals surface area contributed by atoms with Crippen LogP contribution in [0.25, 0.3) is 0 Å². The molecule has 80 valence electrons. The van der Waals surface area contributed by atoms with Crippen LogP contribution in [0.15, 0.2) is 12.1 Å². The summed E-state index contributed by atoms with van der Waals surface area (Å²) in [6, 6.07) is 1.74. The predicted octanol–water partition coefficient (Wildman–Crippen LogP) is 3.60. The average molecular weight is 231 g/mol. The number of carbonyl (C=O) groups excluding carboxylic acids is 1. The van der Waals surface area contributed by atoms with Crippen molar-refractivity contribution in [3.63, 3.8) is 0 Å². The number of Topliss-reactive ketones (excluding diaryl/α,β-unsaturated/α-hetero) is 1. The average Bonchev–Trinajstić information content (AvgIpc) is 2.08. The van der Waals surface area contributed by atoms with E-state index in [2.05, 4.69) is 0 Å². The number of ketones is 1. The van der Waals surface area contributed by atoms with Crippen molar-refractivity contribution in [2.24, 2.45) is 5.92 Å². The first kappa shape index (κ1) is 10.6. The van der Waals surface area contributed by atoms with Crippen LogP contribution in [-0.2, 0) is 0 Å². The van der Waals surface area contributed by atoms with Gasteiger partial charge in [0.15, 0.2) is 17.4 Å². The van der Waals surface area contributed by atoms with Crippen LogP contribution in [0, 0.1) is 17.6 Å². The molecule has 1 aromatic carbocycles. The van der Waals surface area contributed by atoms with Crippen molar-refractivity contribution in [3.05, 3.63) is 34.4 Å². The van der Waals surface area contributed by atoms with Gasteiger partial charge in [0.25, 0.3) is 0 Å². The van der Waals surface area contributed by atoms with E-state index in [9.17, 15) is 13.6 Å². The van der Waals surface area contributed by atoms with Gasteiger partial charge in [-0.15, -0.1) is 0 Å². The smallest absolute Gasteiger partial charge is 0.167 e. The molecule has 1 fully saturated rings. The summed E-state index contributed by atoms with van der Waals surface area (Å²) in [7, 11) is 0. The van der Waals surface area contributed by atoms with E-state index in [0.29, 0.717) is 0 Å². The number of carbonyl (C=O) groups is 1. The fourth-order valence-corrected chi connectivity index (χ4v) is 1.85. The molecule has 0 aliphatic heterocycles. The zero-order valence-corrected chi connectivity index (χ0v) is 8.65. The second-order valence-electron chi connectivity index (χ2n) is 3.74. The van der Waals surface area contributed by atoms with E-state index in [4.69, 9.17) is 11.6 Å². The standard InChI is InChI=1S/C11H9ClF2O/c12-8-5-10(14)9(13)4-7(8)11(15)6-2-1-3-6/h4-6H,1-3H2. The fourth-order valence-electron chi connectivity index (χ4n) is 1.60. The third-order valence-electron chi connectivity index (χ3n) is 2.75. The van der Waals surface area contributed by atoms with Gasteiger partial charge in [-0.05, 0) is 25.0 Å². The highest BCUT2D eigenvalue weighted by Crippen LogP contribution is 2.32. The van der Waals surface area contributed by atoms with Crippen LogP contribution in [-0.4, -0.2) is 5.78 Å². The Kier molecular flexibility index (Phi) is 2.74. The van der Waals surface area contributed by atoms with Crippen molar-refractivity contribution in [1.82, 2.24) is 0 Å². The molecule has 1 aromatic rings. The van der Waals surface area contributed by atoms with Gasteiger partial charge in [-0.25, -0.2) is 8.78 Å². The highest BCUT2D eigenvalue weighted by atomic mass is 35.5. The number of halogens is 3. The first-order valence-electron chi connectivity index (χ1n) is 4.78. The maximum atomic E-state index is 12.9. The van der Waals surface area contributed by atoms with E-state index in [-0.39, 0.29) is 22.3 Å². The van der Waals surface area contributed by atoms with Gasteiger partial charge < -0.3 is 0 Å². The Hall–Kier alpha value is -0.960. The van der Waals surface area contributed by atoms with Crippen LogP contribution in [0.5, 0.6) is 0 Å². The highest BCUT2D eigenvalue weighted by molar-refractivity contribution is 6.34. The maximum absolute atomic E-state index is 12.9. The molecule has 0 unspecified atom stereocenters. The van der Waals surface area contributed by atoms with Crippen LogP contribution in [0.4, 0.5) is 8.78 Å². The molecule has 0 aromatic heterocycles. The number of benzene rings is 1. The lowest BCUT2D eigenvalue weighted by molar-refractivity contribution is 0.0855. The van der Waals surface area contributed by atoms with E-state index in [1.54, 1.807) is 0 Å². The number of hydrogen-bond acceptors (Lipinski definition) is 1. The van der Waals surface area contributed by atoms with E-state index >= 15 is 0 Å². The van der Waals surface area contributed by atoms with Gasteiger partial charge in [-0.2, -0.15) is 0 Å². The minimum atomic E-state index is -1.03. The highest BCUT2D eigenvalue weighted by Gasteiger charge is 2.28. The van der Waals surface area contributed by atoms with Crippen molar-refractivity contribution in [2.75, 3.05) is 0 Å². The molecular formula is C11H9ClF2O.